The van der Waals surface area contributed by atoms with Gasteiger partial charge in [0.2, 0.25) is 5.22 Å². The number of nitrogens with zero attached hydrogens (tertiary/aromatic N) is 1. The third-order valence-corrected chi connectivity index (χ3v) is 3.94. The summed E-state index contributed by atoms with van der Waals surface area (Å²) in [6.07, 6.45) is 3.65. The number of hydrogen-bond acceptors (Lipinski definition) is 3. The second-order valence-electron chi connectivity index (χ2n) is 4.76. The predicted octanol–water partition coefficient (Wildman–Crippen LogP) is 2.79. The molecule has 6 heteroatoms. The first kappa shape index (κ1) is 13.9. The largest absolute Gasteiger partial charge is 0.479 e. The fourth-order valence-electron chi connectivity index (χ4n) is 2.77. The van der Waals surface area contributed by atoms with Gasteiger partial charge in [-0.05, 0) is 36.9 Å². The van der Waals surface area contributed by atoms with E-state index in [9.17, 15) is 14.7 Å². The van der Waals surface area contributed by atoms with E-state index in [-0.39, 0.29) is 16.7 Å². The molecular formula is C13H16ClNO4. The smallest absolute Gasteiger partial charge is 0.329 e. The molecule has 0 aliphatic carbocycles. The highest BCUT2D eigenvalue weighted by atomic mass is 35.5. The normalized spacial score (nSPS) is 22.7. The van der Waals surface area contributed by atoms with Crippen molar-refractivity contribution in [3.63, 3.8) is 0 Å². The van der Waals surface area contributed by atoms with Crippen LogP contribution in [-0.2, 0) is 4.79 Å². The quantitative estimate of drug-likeness (QED) is 0.923. The molecule has 1 N–H and O–H groups in total. The number of carboxylic acids is 1. The van der Waals surface area contributed by atoms with E-state index in [4.69, 9.17) is 16.0 Å². The second-order valence-corrected chi connectivity index (χ2v) is 5.10. The summed E-state index contributed by atoms with van der Waals surface area (Å²) >= 11 is 5.80. The van der Waals surface area contributed by atoms with Gasteiger partial charge < -0.3 is 14.4 Å². The standard InChI is InChI=1S/C13H16ClNO4/c1-2-5-13(12(17)18)6-3-7-15(13)11(16)9-4-8-19-10(9)14/h4,8H,2-3,5-7H2,1H3,(H,17,18). The number of rotatable bonds is 4. The number of furan rings is 1. The zero-order chi connectivity index (χ0) is 14.0. The summed E-state index contributed by atoms with van der Waals surface area (Å²) in [6.45, 7) is 2.35. The molecule has 1 saturated heterocycles. The van der Waals surface area contributed by atoms with E-state index < -0.39 is 11.5 Å². The van der Waals surface area contributed by atoms with Crippen molar-refractivity contribution in [2.45, 2.75) is 38.1 Å². The van der Waals surface area contributed by atoms with E-state index >= 15 is 0 Å². The van der Waals surface area contributed by atoms with Gasteiger partial charge in [-0.3, -0.25) is 4.79 Å². The molecule has 1 fully saturated rings. The molecule has 1 atom stereocenters. The lowest BCUT2D eigenvalue weighted by atomic mass is 9.90. The van der Waals surface area contributed by atoms with Crippen molar-refractivity contribution < 1.29 is 19.1 Å². The van der Waals surface area contributed by atoms with Crippen LogP contribution in [0.25, 0.3) is 0 Å². The van der Waals surface area contributed by atoms with Crippen LogP contribution >= 0.6 is 11.6 Å². The lowest BCUT2D eigenvalue weighted by molar-refractivity contribution is -0.148. The van der Waals surface area contributed by atoms with Crippen LogP contribution in [-0.4, -0.2) is 34.0 Å². The average Bonchev–Trinajstić information content (AvgIpc) is 2.96. The Balaban J connectivity index is 2.35. The van der Waals surface area contributed by atoms with E-state index in [1.165, 1.54) is 17.2 Å². The molecule has 0 saturated carbocycles. The highest BCUT2D eigenvalue weighted by Crippen LogP contribution is 2.36. The summed E-state index contributed by atoms with van der Waals surface area (Å²) in [7, 11) is 0. The summed E-state index contributed by atoms with van der Waals surface area (Å²) in [5.74, 6) is -1.31. The summed E-state index contributed by atoms with van der Waals surface area (Å²) in [5, 5.41) is 9.54. The van der Waals surface area contributed by atoms with Crippen LogP contribution in [0.3, 0.4) is 0 Å². The number of carbonyl (C=O) groups excluding carboxylic acids is 1. The first-order valence-electron chi connectivity index (χ1n) is 6.31. The molecule has 1 aliphatic rings. The molecule has 19 heavy (non-hydrogen) atoms. The van der Waals surface area contributed by atoms with Gasteiger partial charge in [0.25, 0.3) is 5.91 Å². The van der Waals surface area contributed by atoms with Gasteiger partial charge in [0.15, 0.2) is 0 Å². The number of halogens is 1. The summed E-state index contributed by atoms with van der Waals surface area (Å²) in [5.41, 5.74) is -0.878. The van der Waals surface area contributed by atoms with Crippen LogP contribution in [0.15, 0.2) is 16.7 Å². The van der Waals surface area contributed by atoms with Gasteiger partial charge in [0.1, 0.15) is 5.54 Å². The topological polar surface area (TPSA) is 70.8 Å². The molecule has 1 amide bonds. The van der Waals surface area contributed by atoms with Gasteiger partial charge in [-0.25, -0.2) is 4.79 Å². The number of carbonyl (C=O) groups is 2. The van der Waals surface area contributed by atoms with E-state index in [0.29, 0.717) is 32.2 Å². The summed E-state index contributed by atoms with van der Waals surface area (Å²) < 4.78 is 4.90. The molecule has 1 aromatic heterocycles. The molecule has 1 unspecified atom stereocenters. The number of likely N-dealkylation sites (tertiary alicyclic amines) is 1. The number of amides is 1. The van der Waals surface area contributed by atoms with Gasteiger partial charge in [-0.1, -0.05) is 13.3 Å². The minimum absolute atomic E-state index is 0.00712. The number of hydrogen-bond donors (Lipinski definition) is 1. The van der Waals surface area contributed by atoms with Crippen LogP contribution in [0.4, 0.5) is 0 Å². The molecule has 2 heterocycles. The van der Waals surface area contributed by atoms with Crippen molar-refractivity contribution in [1.29, 1.82) is 0 Å². The highest BCUT2D eigenvalue weighted by Gasteiger charge is 2.49. The SMILES string of the molecule is CCCC1(C(=O)O)CCCN1C(=O)c1ccoc1Cl. The summed E-state index contributed by atoms with van der Waals surface area (Å²) in [4.78, 5) is 25.5. The van der Waals surface area contributed by atoms with Gasteiger partial charge in [-0.15, -0.1) is 0 Å². The van der Waals surface area contributed by atoms with E-state index in [0.717, 1.165) is 0 Å². The first-order valence-corrected chi connectivity index (χ1v) is 6.69. The van der Waals surface area contributed by atoms with Crippen molar-refractivity contribution in [3.05, 3.63) is 23.1 Å². The van der Waals surface area contributed by atoms with Crippen molar-refractivity contribution in [3.8, 4) is 0 Å². The average molecular weight is 286 g/mol. The highest BCUT2D eigenvalue weighted by molar-refractivity contribution is 6.32. The third-order valence-electron chi connectivity index (χ3n) is 3.64. The Morgan fingerprint density at radius 1 is 1.58 bits per heavy atom. The first-order chi connectivity index (χ1) is 9.03. The van der Waals surface area contributed by atoms with Crippen LogP contribution in [0.5, 0.6) is 0 Å². The Labute approximate surface area is 116 Å². The van der Waals surface area contributed by atoms with Gasteiger partial charge in [0, 0.05) is 6.54 Å². The minimum Gasteiger partial charge on any atom is -0.479 e. The molecule has 0 spiro atoms. The molecule has 5 nitrogen and oxygen atoms in total. The molecule has 0 aromatic carbocycles. The third kappa shape index (κ3) is 2.23. The van der Waals surface area contributed by atoms with Crippen molar-refractivity contribution in [2.75, 3.05) is 6.54 Å². The van der Waals surface area contributed by atoms with E-state index in [2.05, 4.69) is 0 Å². The Morgan fingerprint density at radius 2 is 2.32 bits per heavy atom. The Bertz CT molecular complexity index is 499. The molecule has 0 radical (unpaired) electrons. The van der Waals surface area contributed by atoms with E-state index in [1.807, 2.05) is 6.92 Å². The maximum Gasteiger partial charge on any atom is 0.329 e. The zero-order valence-electron chi connectivity index (χ0n) is 10.7. The van der Waals surface area contributed by atoms with Crippen LogP contribution in [0, 0.1) is 0 Å². The van der Waals surface area contributed by atoms with Crippen molar-refractivity contribution in [1.82, 2.24) is 4.90 Å². The fourth-order valence-corrected chi connectivity index (χ4v) is 2.96. The predicted molar refractivity (Wildman–Crippen MR) is 69.3 cm³/mol. The molecule has 1 aliphatic heterocycles. The van der Waals surface area contributed by atoms with Crippen LogP contribution in [0.2, 0.25) is 5.22 Å². The molecular weight excluding hydrogens is 270 g/mol. The Kier molecular flexibility index (Phi) is 3.85. The van der Waals surface area contributed by atoms with Gasteiger partial charge >= 0.3 is 5.97 Å². The molecule has 2 rings (SSSR count). The Hall–Kier alpha value is -1.49. The number of aliphatic carboxylic acids is 1. The van der Waals surface area contributed by atoms with Crippen molar-refractivity contribution >= 4 is 23.5 Å². The Morgan fingerprint density at radius 3 is 2.84 bits per heavy atom. The molecule has 0 bridgehead atoms. The maximum absolute atomic E-state index is 12.4. The van der Waals surface area contributed by atoms with Crippen molar-refractivity contribution in [2.24, 2.45) is 0 Å². The molecule has 1 aromatic rings. The maximum atomic E-state index is 12.4. The summed E-state index contributed by atoms with van der Waals surface area (Å²) in [6, 6.07) is 1.47. The van der Waals surface area contributed by atoms with Crippen LogP contribution in [0.1, 0.15) is 43.0 Å². The lowest BCUT2D eigenvalue weighted by Gasteiger charge is -2.34. The van der Waals surface area contributed by atoms with Crippen LogP contribution < -0.4 is 0 Å². The number of carboxylic acid groups (broad SMARTS) is 1. The monoisotopic (exact) mass is 285 g/mol. The van der Waals surface area contributed by atoms with Gasteiger partial charge in [-0.2, -0.15) is 0 Å². The lowest BCUT2D eigenvalue weighted by Crippen LogP contribution is -2.53. The molecule has 104 valence electrons. The second kappa shape index (κ2) is 5.25. The fraction of sp³-hybridized carbons (Fsp3) is 0.538. The zero-order valence-corrected chi connectivity index (χ0v) is 11.4. The van der Waals surface area contributed by atoms with E-state index in [1.54, 1.807) is 0 Å². The van der Waals surface area contributed by atoms with Gasteiger partial charge in [0.05, 0.1) is 11.8 Å². The minimum atomic E-state index is -1.10.